The SMILES string of the molecule is C1COCN1.CNC[C@H](O)c1cccc(O)c1. The topological polar surface area (TPSA) is 73.8 Å². The fraction of sp³-hybridized carbons (Fsp3) is 0.500. The standard InChI is InChI=1S/C9H13NO2.C3H7NO/c1-10-6-9(12)7-3-2-4-8(11)5-7;1-2-5-3-4-1/h2-5,9-12H,6H2,1H3;4H,1-3H2/t9-;/m0./s1. The Morgan fingerprint density at radius 3 is 2.82 bits per heavy atom. The van der Waals surface area contributed by atoms with Crippen LogP contribution in [0.25, 0.3) is 0 Å². The molecule has 0 aliphatic carbocycles. The van der Waals surface area contributed by atoms with Crippen molar-refractivity contribution in [2.75, 3.05) is 33.5 Å². The molecule has 1 fully saturated rings. The van der Waals surface area contributed by atoms with Gasteiger partial charge in [-0.1, -0.05) is 12.1 Å². The van der Waals surface area contributed by atoms with E-state index in [2.05, 4.69) is 10.6 Å². The third kappa shape index (κ3) is 5.65. The number of phenols is 1. The van der Waals surface area contributed by atoms with Crippen LogP contribution >= 0.6 is 0 Å². The number of aliphatic hydroxyl groups excluding tert-OH is 1. The fourth-order valence-electron chi connectivity index (χ4n) is 1.40. The molecule has 4 N–H and O–H groups in total. The van der Waals surface area contributed by atoms with Gasteiger partial charge in [-0.15, -0.1) is 0 Å². The smallest absolute Gasteiger partial charge is 0.115 e. The van der Waals surface area contributed by atoms with Gasteiger partial charge in [0.1, 0.15) is 5.75 Å². The largest absolute Gasteiger partial charge is 0.508 e. The highest BCUT2D eigenvalue weighted by atomic mass is 16.5. The molecule has 1 aromatic rings. The summed E-state index contributed by atoms with van der Waals surface area (Å²) in [6.07, 6.45) is -0.554. The van der Waals surface area contributed by atoms with E-state index in [9.17, 15) is 5.11 Å². The zero-order valence-electron chi connectivity index (χ0n) is 10.0. The van der Waals surface area contributed by atoms with E-state index in [-0.39, 0.29) is 5.75 Å². The van der Waals surface area contributed by atoms with E-state index in [4.69, 9.17) is 9.84 Å². The number of likely N-dealkylation sites (N-methyl/N-ethyl adjacent to an activating group) is 1. The number of aromatic hydroxyl groups is 1. The first kappa shape index (κ1) is 13.9. The maximum absolute atomic E-state index is 9.47. The number of benzene rings is 1. The average molecular weight is 240 g/mol. The monoisotopic (exact) mass is 240 g/mol. The Hall–Kier alpha value is -1.14. The minimum absolute atomic E-state index is 0.183. The molecule has 2 rings (SSSR count). The summed E-state index contributed by atoms with van der Waals surface area (Å²) in [4.78, 5) is 0. The maximum Gasteiger partial charge on any atom is 0.115 e. The fourth-order valence-corrected chi connectivity index (χ4v) is 1.40. The Bertz CT molecular complexity index is 309. The summed E-state index contributed by atoms with van der Waals surface area (Å²) in [5.74, 6) is 0.183. The summed E-state index contributed by atoms with van der Waals surface area (Å²) in [7, 11) is 1.77. The van der Waals surface area contributed by atoms with Crippen molar-refractivity contribution in [2.45, 2.75) is 6.10 Å². The first-order valence-corrected chi connectivity index (χ1v) is 5.64. The summed E-state index contributed by atoms with van der Waals surface area (Å²) in [6.45, 7) is 3.16. The van der Waals surface area contributed by atoms with E-state index in [0.717, 1.165) is 25.4 Å². The van der Waals surface area contributed by atoms with E-state index in [1.807, 2.05) is 0 Å². The predicted molar refractivity (Wildman–Crippen MR) is 65.8 cm³/mol. The second-order valence-electron chi connectivity index (χ2n) is 3.72. The molecule has 17 heavy (non-hydrogen) atoms. The van der Waals surface area contributed by atoms with Gasteiger partial charge in [0.05, 0.1) is 19.4 Å². The van der Waals surface area contributed by atoms with Crippen molar-refractivity contribution in [3.05, 3.63) is 29.8 Å². The molecule has 0 radical (unpaired) electrons. The van der Waals surface area contributed by atoms with Gasteiger partial charge in [-0.05, 0) is 24.7 Å². The van der Waals surface area contributed by atoms with Gasteiger partial charge in [-0.2, -0.15) is 0 Å². The van der Waals surface area contributed by atoms with Crippen LogP contribution in [0, 0.1) is 0 Å². The molecule has 1 saturated heterocycles. The molecule has 1 heterocycles. The van der Waals surface area contributed by atoms with Crippen LogP contribution in [0.2, 0.25) is 0 Å². The number of ether oxygens (including phenoxy) is 1. The summed E-state index contributed by atoms with van der Waals surface area (Å²) < 4.78 is 4.83. The van der Waals surface area contributed by atoms with Crippen molar-refractivity contribution in [3.63, 3.8) is 0 Å². The van der Waals surface area contributed by atoms with Crippen LogP contribution < -0.4 is 10.6 Å². The Morgan fingerprint density at radius 2 is 2.35 bits per heavy atom. The Kier molecular flexibility index (Phi) is 6.57. The molecule has 0 aromatic heterocycles. The Labute approximate surface area is 101 Å². The number of nitrogens with one attached hydrogen (secondary N) is 2. The van der Waals surface area contributed by atoms with Gasteiger partial charge >= 0.3 is 0 Å². The van der Waals surface area contributed by atoms with E-state index in [1.165, 1.54) is 0 Å². The zero-order valence-corrected chi connectivity index (χ0v) is 10.0. The van der Waals surface area contributed by atoms with Crippen molar-refractivity contribution >= 4 is 0 Å². The molecule has 0 unspecified atom stereocenters. The summed E-state index contributed by atoms with van der Waals surface area (Å²) in [6, 6.07) is 6.63. The van der Waals surface area contributed by atoms with Gasteiger partial charge in [-0.3, -0.25) is 5.32 Å². The normalized spacial score (nSPS) is 16.1. The van der Waals surface area contributed by atoms with Gasteiger partial charge < -0.3 is 20.3 Å². The minimum Gasteiger partial charge on any atom is -0.508 e. The van der Waals surface area contributed by atoms with Crippen LogP contribution in [-0.4, -0.2) is 43.7 Å². The highest BCUT2D eigenvalue weighted by Gasteiger charge is 2.05. The second-order valence-corrected chi connectivity index (χ2v) is 3.72. The molecule has 0 saturated carbocycles. The molecule has 96 valence electrons. The van der Waals surface area contributed by atoms with E-state index in [0.29, 0.717) is 6.54 Å². The van der Waals surface area contributed by atoms with Crippen molar-refractivity contribution in [3.8, 4) is 5.75 Å². The first-order valence-electron chi connectivity index (χ1n) is 5.64. The highest BCUT2D eigenvalue weighted by Crippen LogP contribution is 2.17. The predicted octanol–water partition coefficient (Wildman–Crippen LogP) is 0.209. The number of aliphatic hydroxyl groups is 1. The summed E-state index contributed by atoms with van der Waals surface area (Å²) >= 11 is 0. The highest BCUT2D eigenvalue weighted by molar-refractivity contribution is 5.28. The molecule has 5 nitrogen and oxygen atoms in total. The molecule has 5 heteroatoms. The third-order valence-corrected chi connectivity index (χ3v) is 2.28. The Morgan fingerprint density at radius 1 is 1.53 bits per heavy atom. The van der Waals surface area contributed by atoms with Gasteiger partial charge in [0.25, 0.3) is 0 Å². The molecular weight excluding hydrogens is 220 g/mol. The molecule has 1 aromatic carbocycles. The lowest BCUT2D eigenvalue weighted by molar-refractivity contribution is 0.177. The molecule has 1 aliphatic heterocycles. The van der Waals surface area contributed by atoms with Crippen molar-refractivity contribution in [1.29, 1.82) is 0 Å². The van der Waals surface area contributed by atoms with Gasteiger partial charge in [0, 0.05) is 13.1 Å². The number of rotatable bonds is 3. The Balaban J connectivity index is 0.000000239. The molecule has 0 bridgehead atoms. The van der Waals surface area contributed by atoms with E-state index in [1.54, 1.807) is 31.3 Å². The third-order valence-electron chi connectivity index (χ3n) is 2.28. The first-order chi connectivity index (χ1) is 8.24. The molecule has 1 aliphatic rings. The van der Waals surface area contributed by atoms with Gasteiger partial charge in [0.15, 0.2) is 0 Å². The van der Waals surface area contributed by atoms with Gasteiger partial charge in [-0.25, -0.2) is 0 Å². The van der Waals surface area contributed by atoms with Crippen LogP contribution in [0.3, 0.4) is 0 Å². The lowest BCUT2D eigenvalue weighted by Gasteiger charge is -2.09. The van der Waals surface area contributed by atoms with E-state index < -0.39 is 6.10 Å². The molecule has 0 spiro atoms. The molecular formula is C12H20N2O3. The van der Waals surface area contributed by atoms with Crippen LogP contribution in [0.15, 0.2) is 24.3 Å². The zero-order chi connectivity index (χ0) is 12.5. The maximum atomic E-state index is 9.47. The molecule has 0 amide bonds. The van der Waals surface area contributed by atoms with Crippen LogP contribution in [0.5, 0.6) is 5.75 Å². The van der Waals surface area contributed by atoms with Crippen molar-refractivity contribution in [2.24, 2.45) is 0 Å². The van der Waals surface area contributed by atoms with Crippen LogP contribution in [-0.2, 0) is 4.74 Å². The second kappa shape index (κ2) is 8.03. The van der Waals surface area contributed by atoms with Crippen LogP contribution in [0.4, 0.5) is 0 Å². The minimum atomic E-state index is -0.554. The lowest BCUT2D eigenvalue weighted by Crippen LogP contribution is -2.16. The molecule has 1 atom stereocenters. The van der Waals surface area contributed by atoms with Crippen LogP contribution in [0.1, 0.15) is 11.7 Å². The van der Waals surface area contributed by atoms with E-state index >= 15 is 0 Å². The number of hydrogen-bond donors (Lipinski definition) is 4. The summed E-state index contributed by atoms with van der Waals surface area (Å²) in [5, 5.41) is 24.4. The van der Waals surface area contributed by atoms with Crippen molar-refractivity contribution < 1.29 is 14.9 Å². The van der Waals surface area contributed by atoms with Crippen molar-refractivity contribution in [1.82, 2.24) is 10.6 Å². The number of hydrogen-bond acceptors (Lipinski definition) is 5. The average Bonchev–Trinajstić information content (AvgIpc) is 2.88. The summed E-state index contributed by atoms with van der Waals surface area (Å²) in [5.41, 5.74) is 0.726. The quantitative estimate of drug-likeness (QED) is 0.608. The lowest BCUT2D eigenvalue weighted by atomic mass is 10.1. The van der Waals surface area contributed by atoms with Gasteiger partial charge in [0.2, 0.25) is 0 Å². The number of phenolic OH excluding ortho intramolecular Hbond substituents is 1.